The van der Waals surface area contributed by atoms with Gasteiger partial charge in [0.25, 0.3) is 0 Å². The molecule has 5 nitrogen and oxygen atoms in total. The van der Waals surface area contributed by atoms with Crippen molar-refractivity contribution < 1.29 is 9.53 Å². The molecule has 1 aromatic heterocycles. The Morgan fingerprint density at radius 2 is 2.26 bits per heavy atom. The number of nitrogens with zero attached hydrogens (tertiary/aromatic N) is 2. The van der Waals surface area contributed by atoms with Crippen LogP contribution in [0.2, 0.25) is 0 Å². The number of carbonyl (C=O) groups is 1. The molecule has 19 heavy (non-hydrogen) atoms. The topological polar surface area (TPSA) is 58.2 Å². The van der Waals surface area contributed by atoms with Crippen molar-refractivity contribution >= 4 is 35.5 Å². The van der Waals surface area contributed by atoms with E-state index in [-0.39, 0.29) is 12.1 Å². The standard InChI is InChI=1S/C12H17BBrN3O2/c1-12(2,3)19-11(18)17-6-4-5-7(17)10-15-8(13)9(14)16-10/h7H,4-6H2,1-3H3,(H,15,16)/t7-/m0/s1. The molecule has 1 atom stereocenters. The molecule has 0 aromatic carbocycles. The number of imidazole rings is 1. The van der Waals surface area contributed by atoms with Crippen molar-refractivity contribution in [2.24, 2.45) is 0 Å². The molecule has 1 aliphatic heterocycles. The number of aromatic nitrogens is 2. The third kappa shape index (κ3) is 3.32. The monoisotopic (exact) mass is 325 g/mol. The fraction of sp³-hybridized carbons (Fsp3) is 0.667. The fourth-order valence-corrected chi connectivity index (χ4v) is 2.42. The van der Waals surface area contributed by atoms with Gasteiger partial charge in [0.05, 0.1) is 6.04 Å². The zero-order valence-electron chi connectivity index (χ0n) is 11.4. The summed E-state index contributed by atoms with van der Waals surface area (Å²) in [6, 6.07) is -0.0940. The second kappa shape index (κ2) is 5.19. The number of halogens is 1. The predicted molar refractivity (Wildman–Crippen MR) is 76.6 cm³/mol. The molecule has 0 bridgehead atoms. The van der Waals surface area contributed by atoms with Gasteiger partial charge in [-0.1, -0.05) is 0 Å². The van der Waals surface area contributed by atoms with Crippen LogP contribution in [-0.4, -0.2) is 41.0 Å². The third-order valence-corrected chi connectivity index (χ3v) is 3.50. The summed E-state index contributed by atoms with van der Waals surface area (Å²) in [5.41, 5.74) is -0.0152. The molecule has 102 valence electrons. The van der Waals surface area contributed by atoms with Gasteiger partial charge in [0.15, 0.2) is 0 Å². The first-order chi connectivity index (χ1) is 8.78. The highest BCUT2D eigenvalue weighted by molar-refractivity contribution is 9.10. The molecule has 0 unspecified atom stereocenters. The molecule has 1 N–H and O–H groups in total. The van der Waals surface area contributed by atoms with Gasteiger partial charge in [0.2, 0.25) is 0 Å². The van der Waals surface area contributed by atoms with E-state index in [9.17, 15) is 4.79 Å². The lowest BCUT2D eigenvalue weighted by Gasteiger charge is -2.27. The van der Waals surface area contributed by atoms with Gasteiger partial charge >= 0.3 is 6.09 Å². The van der Waals surface area contributed by atoms with Crippen molar-refractivity contribution in [2.75, 3.05) is 6.54 Å². The Morgan fingerprint density at radius 1 is 1.58 bits per heavy atom. The molecule has 0 aliphatic carbocycles. The van der Waals surface area contributed by atoms with E-state index in [4.69, 9.17) is 12.6 Å². The summed E-state index contributed by atoms with van der Waals surface area (Å²) in [7, 11) is 5.73. The van der Waals surface area contributed by atoms with Gasteiger partial charge in [0, 0.05) is 6.54 Å². The smallest absolute Gasteiger partial charge is 0.410 e. The number of ether oxygens (including phenoxy) is 1. The number of rotatable bonds is 1. The van der Waals surface area contributed by atoms with Crippen LogP contribution in [0.3, 0.4) is 0 Å². The number of aromatic amines is 1. The first-order valence-electron chi connectivity index (χ1n) is 6.28. The van der Waals surface area contributed by atoms with Crippen LogP contribution >= 0.6 is 15.9 Å². The molecule has 2 heterocycles. The Morgan fingerprint density at radius 3 is 2.79 bits per heavy atom. The lowest BCUT2D eigenvalue weighted by molar-refractivity contribution is 0.0218. The first kappa shape index (κ1) is 14.4. The van der Waals surface area contributed by atoms with E-state index in [2.05, 4.69) is 25.9 Å². The summed E-state index contributed by atoms with van der Waals surface area (Å²) in [6.45, 7) is 6.25. The number of H-pyrrole nitrogens is 1. The van der Waals surface area contributed by atoms with Gasteiger partial charge in [-0.3, -0.25) is 4.90 Å². The van der Waals surface area contributed by atoms with Crippen molar-refractivity contribution in [3.63, 3.8) is 0 Å². The SMILES string of the molecule is [B]c1[nH]c([C@@H]2CCCN2C(=O)OC(C)(C)C)nc1Br. The second-order valence-electron chi connectivity index (χ2n) is 5.66. The van der Waals surface area contributed by atoms with Crippen LogP contribution in [-0.2, 0) is 4.74 Å². The van der Waals surface area contributed by atoms with Gasteiger partial charge in [-0.05, 0) is 55.1 Å². The minimum absolute atomic E-state index is 0.0940. The van der Waals surface area contributed by atoms with Crippen LogP contribution in [0.1, 0.15) is 45.5 Å². The molecule has 1 aromatic rings. The van der Waals surface area contributed by atoms with Gasteiger partial charge < -0.3 is 9.72 Å². The number of hydrogen-bond donors (Lipinski definition) is 1. The minimum Gasteiger partial charge on any atom is -0.444 e. The van der Waals surface area contributed by atoms with E-state index in [0.717, 1.165) is 12.8 Å². The first-order valence-corrected chi connectivity index (χ1v) is 7.08. The van der Waals surface area contributed by atoms with E-state index >= 15 is 0 Å². The Bertz CT molecular complexity index is 464. The largest absolute Gasteiger partial charge is 0.444 e. The van der Waals surface area contributed by atoms with Crippen LogP contribution in [0.15, 0.2) is 4.60 Å². The Hall–Kier alpha value is -0.975. The normalized spacial score (nSPS) is 19.8. The maximum absolute atomic E-state index is 12.2. The predicted octanol–water partition coefficient (Wildman–Crippen LogP) is 2.04. The number of hydrogen-bond acceptors (Lipinski definition) is 3. The molecule has 1 amide bonds. The molecule has 1 fully saturated rings. The number of nitrogens with one attached hydrogen (secondary N) is 1. The quantitative estimate of drug-likeness (QED) is 0.804. The van der Waals surface area contributed by atoms with Crippen LogP contribution in [0, 0.1) is 0 Å². The van der Waals surface area contributed by atoms with E-state index < -0.39 is 5.60 Å². The van der Waals surface area contributed by atoms with E-state index in [1.807, 2.05) is 20.8 Å². The summed E-state index contributed by atoms with van der Waals surface area (Å²) >= 11 is 3.27. The Kier molecular flexibility index (Phi) is 3.94. The maximum atomic E-state index is 12.2. The highest BCUT2D eigenvalue weighted by atomic mass is 79.9. The minimum atomic E-state index is -0.493. The van der Waals surface area contributed by atoms with E-state index in [1.165, 1.54) is 0 Å². The van der Waals surface area contributed by atoms with Crippen LogP contribution in [0.4, 0.5) is 4.79 Å². The molecular weight excluding hydrogens is 309 g/mol. The van der Waals surface area contributed by atoms with Gasteiger partial charge in [-0.2, -0.15) is 0 Å². The summed E-state index contributed by atoms with van der Waals surface area (Å²) in [5, 5.41) is 0. The molecule has 2 rings (SSSR count). The Balaban J connectivity index is 2.15. The molecule has 1 aliphatic rings. The average Bonchev–Trinajstić information content (AvgIpc) is 2.83. The zero-order chi connectivity index (χ0) is 14.2. The molecular formula is C12H17BBrN3O2. The number of amides is 1. The molecule has 7 heteroatoms. The Labute approximate surface area is 122 Å². The van der Waals surface area contributed by atoms with Crippen molar-refractivity contribution in [2.45, 2.75) is 45.3 Å². The van der Waals surface area contributed by atoms with Crippen LogP contribution in [0.5, 0.6) is 0 Å². The maximum Gasteiger partial charge on any atom is 0.410 e. The average molecular weight is 326 g/mol. The third-order valence-electron chi connectivity index (χ3n) is 2.90. The van der Waals surface area contributed by atoms with E-state index in [0.29, 0.717) is 22.6 Å². The second-order valence-corrected chi connectivity index (χ2v) is 6.41. The lowest BCUT2D eigenvalue weighted by Crippen LogP contribution is -2.36. The fourth-order valence-electron chi connectivity index (χ4n) is 2.13. The van der Waals surface area contributed by atoms with Gasteiger partial charge in [-0.15, -0.1) is 0 Å². The molecule has 0 spiro atoms. The number of likely N-dealkylation sites (tertiary alicyclic amines) is 1. The highest BCUT2D eigenvalue weighted by Crippen LogP contribution is 2.31. The lowest BCUT2D eigenvalue weighted by atomic mass is 10.1. The molecule has 2 radical (unpaired) electrons. The molecule has 0 saturated carbocycles. The van der Waals surface area contributed by atoms with Crippen molar-refractivity contribution in [1.82, 2.24) is 14.9 Å². The summed E-state index contributed by atoms with van der Waals surface area (Å²) in [5.74, 6) is 0.702. The number of carbonyl (C=O) groups excluding carboxylic acids is 1. The van der Waals surface area contributed by atoms with E-state index in [1.54, 1.807) is 4.90 Å². The van der Waals surface area contributed by atoms with Gasteiger partial charge in [-0.25, -0.2) is 9.78 Å². The zero-order valence-corrected chi connectivity index (χ0v) is 13.0. The highest BCUT2D eigenvalue weighted by Gasteiger charge is 2.34. The summed E-state index contributed by atoms with van der Waals surface area (Å²) in [4.78, 5) is 21.2. The summed E-state index contributed by atoms with van der Waals surface area (Å²) < 4.78 is 5.99. The van der Waals surface area contributed by atoms with Crippen molar-refractivity contribution in [1.29, 1.82) is 0 Å². The van der Waals surface area contributed by atoms with Crippen molar-refractivity contribution in [3.05, 3.63) is 10.4 Å². The van der Waals surface area contributed by atoms with Crippen LogP contribution < -0.4 is 5.59 Å². The molecule has 1 saturated heterocycles. The van der Waals surface area contributed by atoms with Gasteiger partial charge in [0.1, 0.15) is 23.9 Å². The summed E-state index contributed by atoms with van der Waals surface area (Å²) in [6.07, 6.45) is 1.49. The van der Waals surface area contributed by atoms with Crippen LogP contribution in [0.25, 0.3) is 0 Å². The van der Waals surface area contributed by atoms with Crippen molar-refractivity contribution in [3.8, 4) is 0 Å².